The predicted molar refractivity (Wildman–Crippen MR) is 106 cm³/mol. The van der Waals surface area contributed by atoms with E-state index in [1.54, 1.807) is 13.3 Å². The second-order valence-corrected chi connectivity index (χ2v) is 7.38. The molecule has 2 heterocycles. The topological polar surface area (TPSA) is 57.1 Å². The first-order valence-corrected chi connectivity index (χ1v) is 9.69. The SMILES string of the molecule is C=C1CCCC(c2cnc(C)nc2OCCC(C)c2ccc(OC)cn2)C1. The fourth-order valence-corrected chi connectivity index (χ4v) is 3.55. The highest BCUT2D eigenvalue weighted by Gasteiger charge is 2.22. The zero-order valence-corrected chi connectivity index (χ0v) is 16.6. The zero-order chi connectivity index (χ0) is 19.2. The zero-order valence-electron chi connectivity index (χ0n) is 16.6. The monoisotopic (exact) mass is 367 g/mol. The maximum atomic E-state index is 6.11. The smallest absolute Gasteiger partial charge is 0.220 e. The number of rotatable bonds is 7. The van der Waals surface area contributed by atoms with Crippen molar-refractivity contribution in [2.45, 2.75) is 57.8 Å². The lowest BCUT2D eigenvalue weighted by Gasteiger charge is -2.25. The molecule has 27 heavy (non-hydrogen) atoms. The Hall–Kier alpha value is -2.43. The molecular formula is C22H29N3O2. The van der Waals surface area contributed by atoms with Gasteiger partial charge < -0.3 is 9.47 Å². The van der Waals surface area contributed by atoms with Crippen molar-refractivity contribution in [1.29, 1.82) is 0 Å². The molecule has 0 radical (unpaired) electrons. The predicted octanol–water partition coefficient (Wildman–Crippen LogP) is 4.98. The Morgan fingerprint density at radius 1 is 1.26 bits per heavy atom. The molecule has 1 saturated carbocycles. The van der Waals surface area contributed by atoms with Crippen molar-refractivity contribution in [3.8, 4) is 11.6 Å². The second kappa shape index (κ2) is 8.98. The van der Waals surface area contributed by atoms with Gasteiger partial charge in [0.1, 0.15) is 11.6 Å². The van der Waals surface area contributed by atoms with Crippen LogP contribution in [0.4, 0.5) is 0 Å². The molecule has 2 aromatic rings. The van der Waals surface area contributed by atoms with Gasteiger partial charge in [-0.05, 0) is 57.1 Å². The minimum atomic E-state index is 0.303. The Balaban J connectivity index is 1.62. The Bertz CT molecular complexity index is 774. The van der Waals surface area contributed by atoms with E-state index in [9.17, 15) is 0 Å². The Kier molecular flexibility index (Phi) is 6.43. The maximum Gasteiger partial charge on any atom is 0.220 e. The summed E-state index contributed by atoms with van der Waals surface area (Å²) in [5.74, 6) is 2.97. The van der Waals surface area contributed by atoms with Crippen LogP contribution < -0.4 is 9.47 Å². The van der Waals surface area contributed by atoms with Gasteiger partial charge in [0.15, 0.2) is 0 Å². The van der Waals surface area contributed by atoms with Crippen LogP contribution in [0.25, 0.3) is 0 Å². The molecule has 0 bridgehead atoms. The van der Waals surface area contributed by atoms with Crippen molar-refractivity contribution in [1.82, 2.24) is 15.0 Å². The number of nitrogens with zero attached hydrogens (tertiary/aromatic N) is 3. The van der Waals surface area contributed by atoms with Gasteiger partial charge in [-0.1, -0.05) is 19.1 Å². The highest BCUT2D eigenvalue weighted by Crippen LogP contribution is 2.38. The van der Waals surface area contributed by atoms with Gasteiger partial charge >= 0.3 is 0 Å². The molecule has 5 nitrogen and oxygen atoms in total. The number of methoxy groups -OCH3 is 1. The number of aromatic nitrogens is 3. The highest BCUT2D eigenvalue weighted by molar-refractivity contribution is 5.30. The third-order valence-corrected chi connectivity index (χ3v) is 5.25. The molecule has 0 aliphatic heterocycles. The summed E-state index contributed by atoms with van der Waals surface area (Å²) >= 11 is 0. The number of pyridine rings is 1. The lowest BCUT2D eigenvalue weighted by atomic mass is 9.82. The molecule has 0 amide bonds. The van der Waals surface area contributed by atoms with Crippen LogP contribution >= 0.6 is 0 Å². The van der Waals surface area contributed by atoms with E-state index in [1.807, 2.05) is 25.3 Å². The van der Waals surface area contributed by atoms with E-state index in [2.05, 4.69) is 28.5 Å². The summed E-state index contributed by atoms with van der Waals surface area (Å²) in [5.41, 5.74) is 3.48. The summed E-state index contributed by atoms with van der Waals surface area (Å²) in [7, 11) is 1.65. The van der Waals surface area contributed by atoms with Crippen LogP contribution in [0.15, 0.2) is 36.7 Å². The average molecular weight is 367 g/mol. The van der Waals surface area contributed by atoms with E-state index in [0.717, 1.165) is 54.4 Å². The number of hydrogen-bond acceptors (Lipinski definition) is 5. The summed E-state index contributed by atoms with van der Waals surface area (Å²) in [4.78, 5) is 13.4. The van der Waals surface area contributed by atoms with Crippen molar-refractivity contribution in [2.24, 2.45) is 0 Å². The summed E-state index contributed by atoms with van der Waals surface area (Å²) in [6.07, 6.45) is 9.04. The van der Waals surface area contributed by atoms with Crippen LogP contribution in [0.2, 0.25) is 0 Å². The van der Waals surface area contributed by atoms with Gasteiger partial charge in [-0.25, -0.2) is 4.98 Å². The molecule has 0 saturated heterocycles. The Labute approximate surface area is 161 Å². The van der Waals surface area contributed by atoms with E-state index in [1.165, 1.54) is 12.0 Å². The summed E-state index contributed by atoms with van der Waals surface area (Å²) in [6.45, 7) is 8.84. The molecule has 0 aromatic carbocycles. The van der Waals surface area contributed by atoms with Crippen molar-refractivity contribution >= 4 is 0 Å². The minimum absolute atomic E-state index is 0.303. The van der Waals surface area contributed by atoms with Gasteiger partial charge in [0.05, 0.1) is 19.9 Å². The Morgan fingerprint density at radius 3 is 2.81 bits per heavy atom. The Morgan fingerprint density at radius 2 is 2.11 bits per heavy atom. The molecule has 0 spiro atoms. The van der Waals surface area contributed by atoms with Crippen LogP contribution in [0.3, 0.4) is 0 Å². The first kappa shape index (κ1) is 19.3. The van der Waals surface area contributed by atoms with Gasteiger partial charge in [0.25, 0.3) is 0 Å². The number of aryl methyl sites for hydroxylation is 1. The molecule has 1 aliphatic rings. The van der Waals surface area contributed by atoms with Gasteiger partial charge in [0.2, 0.25) is 5.88 Å². The first-order valence-electron chi connectivity index (χ1n) is 9.69. The van der Waals surface area contributed by atoms with Gasteiger partial charge in [-0.2, -0.15) is 4.98 Å². The molecular weight excluding hydrogens is 338 g/mol. The van der Waals surface area contributed by atoms with Gasteiger partial charge in [-0.3, -0.25) is 4.98 Å². The lowest BCUT2D eigenvalue weighted by Crippen LogP contribution is -2.12. The number of hydrogen-bond donors (Lipinski definition) is 0. The van der Waals surface area contributed by atoms with Crippen LogP contribution in [-0.2, 0) is 0 Å². The lowest BCUT2D eigenvalue weighted by molar-refractivity contribution is 0.281. The fraction of sp³-hybridized carbons (Fsp3) is 0.500. The first-order chi connectivity index (χ1) is 13.1. The van der Waals surface area contributed by atoms with Crippen molar-refractivity contribution < 1.29 is 9.47 Å². The van der Waals surface area contributed by atoms with Gasteiger partial charge in [-0.15, -0.1) is 0 Å². The van der Waals surface area contributed by atoms with E-state index in [4.69, 9.17) is 9.47 Å². The van der Waals surface area contributed by atoms with Crippen molar-refractivity contribution in [3.63, 3.8) is 0 Å². The third kappa shape index (κ3) is 5.06. The van der Waals surface area contributed by atoms with Crippen LogP contribution in [0.1, 0.15) is 67.9 Å². The molecule has 144 valence electrons. The third-order valence-electron chi connectivity index (χ3n) is 5.25. The van der Waals surface area contributed by atoms with Crippen molar-refractivity contribution in [2.75, 3.05) is 13.7 Å². The van der Waals surface area contributed by atoms with Crippen LogP contribution in [-0.4, -0.2) is 28.7 Å². The second-order valence-electron chi connectivity index (χ2n) is 7.38. The average Bonchev–Trinajstić information content (AvgIpc) is 2.68. The molecule has 1 aliphatic carbocycles. The maximum absolute atomic E-state index is 6.11. The number of allylic oxidation sites excluding steroid dienone is 1. The van der Waals surface area contributed by atoms with Crippen LogP contribution in [0, 0.1) is 6.92 Å². The molecule has 0 N–H and O–H groups in total. The largest absolute Gasteiger partial charge is 0.495 e. The summed E-state index contributed by atoms with van der Waals surface area (Å²) in [5, 5.41) is 0. The standard InChI is InChI=1S/C22H29N3O2/c1-15-6-5-7-18(12-15)20-14-23-17(3)25-22(20)27-11-10-16(2)21-9-8-19(26-4)13-24-21/h8-9,13-14,16,18H,1,5-7,10-12H2,2-4H3. The van der Waals surface area contributed by atoms with Gasteiger partial charge in [0, 0.05) is 23.4 Å². The van der Waals surface area contributed by atoms with Crippen LogP contribution in [0.5, 0.6) is 11.6 Å². The van der Waals surface area contributed by atoms with E-state index in [-0.39, 0.29) is 0 Å². The highest BCUT2D eigenvalue weighted by atomic mass is 16.5. The minimum Gasteiger partial charge on any atom is -0.495 e. The molecule has 2 aromatic heterocycles. The van der Waals surface area contributed by atoms with E-state index >= 15 is 0 Å². The molecule has 2 atom stereocenters. The molecule has 2 unspecified atom stereocenters. The van der Waals surface area contributed by atoms with E-state index in [0.29, 0.717) is 18.4 Å². The quantitative estimate of drug-likeness (QED) is 0.646. The molecule has 5 heteroatoms. The van der Waals surface area contributed by atoms with E-state index < -0.39 is 0 Å². The molecule has 3 rings (SSSR count). The summed E-state index contributed by atoms with van der Waals surface area (Å²) in [6, 6.07) is 3.96. The fourth-order valence-electron chi connectivity index (χ4n) is 3.55. The molecule has 1 fully saturated rings. The normalized spacial score (nSPS) is 18.2. The number of ether oxygens (including phenoxy) is 2. The summed E-state index contributed by atoms with van der Waals surface area (Å²) < 4.78 is 11.3. The van der Waals surface area contributed by atoms with Crippen molar-refractivity contribution in [3.05, 3.63) is 53.8 Å².